The first-order chi connectivity index (χ1) is 7.54. The third-order valence-electron chi connectivity index (χ3n) is 1.76. The Morgan fingerprint density at radius 1 is 1.50 bits per heavy atom. The second-order valence-corrected chi connectivity index (χ2v) is 3.63. The lowest BCUT2D eigenvalue weighted by molar-refractivity contribution is -0.121. The Hall–Kier alpha value is -1.56. The van der Waals surface area contributed by atoms with Gasteiger partial charge in [0.05, 0.1) is 11.0 Å². The molecule has 0 bridgehead atoms. The van der Waals surface area contributed by atoms with Gasteiger partial charge in [0, 0.05) is 0 Å². The molecule has 0 aromatic heterocycles. The highest BCUT2D eigenvalue weighted by Crippen LogP contribution is 2.17. The van der Waals surface area contributed by atoms with Crippen LogP contribution in [0.1, 0.15) is 5.56 Å². The van der Waals surface area contributed by atoms with Crippen molar-refractivity contribution in [2.75, 3.05) is 10.4 Å². The normalized spacial score (nSPS) is 9.62. The molecule has 16 heavy (non-hydrogen) atoms. The Labute approximate surface area is 101 Å². The molecule has 2 N–H and O–H groups in total. The predicted molar refractivity (Wildman–Crippen MR) is 63.1 cm³/mol. The first kappa shape index (κ1) is 12.5. The van der Waals surface area contributed by atoms with Crippen molar-refractivity contribution >= 4 is 33.6 Å². The highest BCUT2D eigenvalue weighted by molar-refractivity contribution is 9.09. The van der Waals surface area contributed by atoms with Crippen molar-refractivity contribution in [1.82, 2.24) is 0 Å². The van der Waals surface area contributed by atoms with E-state index in [0.29, 0.717) is 5.69 Å². The number of anilines is 1. The number of nitrogens with two attached hydrogens (primary N) is 1. The summed E-state index contributed by atoms with van der Waals surface area (Å²) in [6, 6.07) is 6.98. The van der Waals surface area contributed by atoms with E-state index in [9.17, 15) is 9.59 Å². The molecule has 0 saturated heterocycles. The lowest BCUT2D eigenvalue weighted by Gasteiger charge is -2.19. The molecule has 0 aliphatic carbocycles. The quantitative estimate of drug-likeness (QED) is 0.665. The second kappa shape index (κ2) is 5.50. The molecule has 1 rings (SSSR count). The number of nitrogens with zero attached hydrogens (tertiary/aromatic N) is 1. The number of rotatable bonds is 2. The van der Waals surface area contributed by atoms with Crippen molar-refractivity contribution in [2.45, 2.75) is 6.92 Å². The minimum atomic E-state index is -1.03. The monoisotopic (exact) mass is 286 g/mol. The number of primary amides is 1. The molecule has 6 heteroatoms. The molecule has 0 atom stereocenters. The van der Waals surface area contributed by atoms with E-state index in [-0.39, 0.29) is 5.33 Å². The van der Waals surface area contributed by atoms with Crippen LogP contribution in [0.15, 0.2) is 24.3 Å². The van der Waals surface area contributed by atoms with Crippen molar-refractivity contribution in [3.8, 4) is 0 Å². The maximum absolute atomic E-state index is 11.5. The summed E-state index contributed by atoms with van der Waals surface area (Å²) in [6.07, 6.45) is -1.03. The summed E-state index contributed by atoms with van der Waals surface area (Å²) in [7, 11) is 0. The van der Waals surface area contributed by atoms with Crippen LogP contribution in [0.2, 0.25) is 0 Å². The number of hydrogen-bond acceptors (Lipinski definition) is 3. The van der Waals surface area contributed by atoms with Crippen molar-refractivity contribution in [1.29, 1.82) is 0 Å². The molecule has 0 aliphatic rings. The summed E-state index contributed by atoms with van der Waals surface area (Å²) >= 11 is 3.00. The molecule has 0 fully saturated rings. The van der Waals surface area contributed by atoms with Gasteiger partial charge >= 0.3 is 6.09 Å². The molecule has 2 amide bonds. The first-order valence-electron chi connectivity index (χ1n) is 4.47. The van der Waals surface area contributed by atoms with E-state index < -0.39 is 12.0 Å². The molecule has 0 unspecified atom stereocenters. The van der Waals surface area contributed by atoms with Crippen LogP contribution in [0.4, 0.5) is 10.5 Å². The Bertz CT molecular complexity index is 409. The zero-order valence-corrected chi connectivity index (χ0v) is 10.2. The van der Waals surface area contributed by atoms with Crippen LogP contribution >= 0.6 is 15.9 Å². The molecule has 1 aromatic carbocycles. The van der Waals surface area contributed by atoms with Crippen LogP contribution < -0.4 is 10.8 Å². The summed E-state index contributed by atoms with van der Waals surface area (Å²) in [5, 5.41) is 0.901. The fourth-order valence-corrected chi connectivity index (χ4v) is 1.37. The van der Waals surface area contributed by atoms with Crippen molar-refractivity contribution in [3.05, 3.63) is 29.8 Å². The predicted octanol–water partition coefficient (Wildman–Crippen LogP) is 1.73. The van der Waals surface area contributed by atoms with Gasteiger partial charge in [-0.25, -0.2) is 4.79 Å². The maximum atomic E-state index is 11.5. The molecule has 0 saturated carbocycles. The average molecular weight is 287 g/mol. The van der Waals surface area contributed by atoms with E-state index in [1.807, 2.05) is 13.0 Å². The molecule has 86 valence electrons. The standard InChI is InChI=1S/C10H11BrN2O3/c1-7-3-2-4-8(5-7)13(9(14)6-11)16-10(12)15/h2-5H,6H2,1H3,(H2,12,15). The van der Waals surface area contributed by atoms with Gasteiger partial charge in [0.15, 0.2) is 0 Å². The average Bonchev–Trinajstić information content (AvgIpc) is 2.24. The van der Waals surface area contributed by atoms with Gasteiger partial charge in [0.2, 0.25) is 0 Å². The lowest BCUT2D eigenvalue weighted by atomic mass is 10.2. The van der Waals surface area contributed by atoms with E-state index in [4.69, 9.17) is 5.73 Å². The number of carbonyl (C=O) groups excluding carboxylic acids is 2. The topological polar surface area (TPSA) is 72.6 Å². The fraction of sp³-hybridized carbons (Fsp3) is 0.200. The molecule has 0 heterocycles. The van der Waals surface area contributed by atoms with Crippen molar-refractivity contribution < 1.29 is 14.4 Å². The zero-order chi connectivity index (χ0) is 12.1. The Balaban J connectivity index is 3.00. The molecule has 0 radical (unpaired) electrons. The lowest BCUT2D eigenvalue weighted by Crippen LogP contribution is -2.36. The number of benzene rings is 1. The molecule has 0 spiro atoms. The van der Waals surface area contributed by atoms with Crippen LogP contribution in [0.5, 0.6) is 0 Å². The maximum Gasteiger partial charge on any atom is 0.429 e. The van der Waals surface area contributed by atoms with Gasteiger partial charge in [-0.2, -0.15) is 0 Å². The number of carbonyl (C=O) groups is 2. The number of alkyl halides is 1. The van der Waals surface area contributed by atoms with E-state index in [2.05, 4.69) is 20.8 Å². The van der Waals surface area contributed by atoms with Crippen molar-refractivity contribution in [2.24, 2.45) is 5.73 Å². The van der Waals surface area contributed by atoms with Crippen LogP contribution in [0.3, 0.4) is 0 Å². The number of halogens is 1. The van der Waals surface area contributed by atoms with Crippen LogP contribution in [0, 0.1) is 6.92 Å². The number of hydroxylamine groups is 1. The van der Waals surface area contributed by atoms with Crippen LogP contribution in [-0.2, 0) is 9.63 Å². The minimum Gasteiger partial charge on any atom is -0.333 e. The van der Waals surface area contributed by atoms with Gasteiger partial charge in [0.1, 0.15) is 0 Å². The van der Waals surface area contributed by atoms with E-state index in [1.165, 1.54) is 0 Å². The van der Waals surface area contributed by atoms with E-state index in [0.717, 1.165) is 10.6 Å². The summed E-state index contributed by atoms with van der Waals surface area (Å²) in [5.74, 6) is -0.413. The summed E-state index contributed by atoms with van der Waals surface area (Å²) in [6.45, 7) is 1.87. The van der Waals surface area contributed by atoms with Crippen molar-refractivity contribution in [3.63, 3.8) is 0 Å². The van der Waals surface area contributed by atoms with Gasteiger partial charge in [-0.05, 0) is 24.6 Å². The van der Waals surface area contributed by atoms with Gasteiger partial charge in [-0.1, -0.05) is 28.1 Å². The molecule has 1 aromatic rings. The molecule has 0 aliphatic heterocycles. The van der Waals surface area contributed by atoms with E-state index >= 15 is 0 Å². The van der Waals surface area contributed by atoms with Crippen LogP contribution in [0.25, 0.3) is 0 Å². The summed E-state index contributed by atoms with van der Waals surface area (Å²) in [5.41, 5.74) is 6.29. The van der Waals surface area contributed by atoms with Gasteiger partial charge in [0.25, 0.3) is 5.91 Å². The molecular formula is C10H11BrN2O3. The third-order valence-corrected chi connectivity index (χ3v) is 2.24. The third kappa shape index (κ3) is 3.23. The smallest absolute Gasteiger partial charge is 0.333 e. The van der Waals surface area contributed by atoms with E-state index in [1.54, 1.807) is 18.2 Å². The summed E-state index contributed by atoms with van der Waals surface area (Å²) < 4.78 is 0. The Morgan fingerprint density at radius 3 is 2.69 bits per heavy atom. The molecular weight excluding hydrogens is 276 g/mol. The van der Waals surface area contributed by atoms with Crippen LogP contribution in [-0.4, -0.2) is 17.3 Å². The Morgan fingerprint density at radius 2 is 2.19 bits per heavy atom. The minimum absolute atomic E-state index is 0.0359. The fourth-order valence-electron chi connectivity index (χ4n) is 1.15. The largest absolute Gasteiger partial charge is 0.429 e. The highest BCUT2D eigenvalue weighted by Gasteiger charge is 2.18. The van der Waals surface area contributed by atoms with Gasteiger partial charge < -0.3 is 10.6 Å². The molecule has 5 nitrogen and oxygen atoms in total. The first-order valence-corrected chi connectivity index (χ1v) is 5.59. The highest BCUT2D eigenvalue weighted by atomic mass is 79.9. The summed E-state index contributed by atoms with van der Waals surface area (Å²) in [4.78, 5) is 26.8. The SMILES string of the molecule is Cc1cccc(N(OC(N)=O)C(=O)CBr)c1. The zero-order valence-electron chi connectivity index (χ0n) is 8.64. The second-order valence-electron chi connectivity index (χ2n) is 3.07. The van der Waals surface area contributed by atoms with Gasteiger partial charge in [-0.15, -0.1) is 5.06 Å². The number of amides is 2. The Kier molecular flexibility index (Phi) is 4.30. The number of aryl methyl sites for hydroxylation is 1. The van der Waals surface area contributed by atoms with Gasteiger partial charge in [-0.3, -0.25) is 4.79 Å². The number of hydrogen-bond donors (Lipinski definition) is 1.